The Kier molecular flexibility index (Phi) is 25.6. The molecule has 1 saturated heterocycles. The van der Waals surface area contributed by atoms with Crippen molar-refractivity contribution in [3.05, 3.63) is 12.2 Å². The summed E-state index contributed by atoms with van der Waals surface area (Å²) in [6.07, 6.45) is 47.4. The molecule has 1 rings (SSSR count). The lowest BCUT2D eigenvalue weighted by molar-refractivity contribution is 0.260. The van der Waals surface area contributed by atoms with Gasteiger partial charge in [-0.05, 0) is 38.5 Å². The van der Waals surface area contributed by atoms with Gasteiger partial charge in [0.25, 0.3) is 0 Å². The van der Waals surface area contributed by atoms with Crippen LogP contribution in [0.15, 0.2) is 12.2 Å². The smallest absolute Gasteiger partial charge is 0.0916 e. The molecule has 0 amide bonds. The first kappa shape index (κ1) is 34.7. The van der Waals surface area contributed by atoms with Crippen molar-refractivity contribution in [3.63, 3.8) is 0 Å². The van der Waals surface area contributed by atoms with Crippen LogP contribution in [0.2, 0.25) is 0 Å². The second kappa shape index (κ2) is 27.3. The van der Waals surface area contributed by atoms with E-state index in [2.05, 4.69) is 26.0 Å². The van der Waals surface area contributed by atoms with Gasteiger partial charge in [0.2, 0.25) is 0 Å². The van der Waals surface area contributed by atoms with E-state index in [0.717, 1.165) is 6.61 Å². The molecule has 1 nitrogen and oxygen atoms in total. The summed E-state index contributed by atoms with van der Waals surface area (Å²) in [5.41, 5.74) is 0.317. The van der Waals surface area contributed by atoms with Crippen LogP contribution in [-0.4, -0.2) is 12.2 Å². The highest BCUT2D eigenvalue weighted by molar-refractivity contribution is 4.91. The maximum absolute atomic E-state index is 5.93. The Bertz CT molecular complexity index is 463. The zero-order valence-electron chi connectivity index (χ0n) is 26.0. The molecule has 0 aromatic rings. The van der Waals surface area contributed by atoms with Gasteiger partial charge in [-0.25, -0.2) is 0 Å². The second-order valence-electron chi connectivity index (χ2n) is 12.5. The summed E-state index contributed by atoms with van der Waals surface area (Å²) in [4.78, 5) is 0. The van der Waals surface area contributed by atoms with E-state index < -0.39 is 0 Å². The van der Waals surface area contributed by atoms with Crippen molar-refractivity contribution in [2.45, 2.75) is 212 Å². The minimum atomic E-state index is 0.317. The van der Waals surface area contributed by atoms with E-state index in [0.29, 0.717) is 5.60 Å². The van der Waals surface area contributed by atoms with Crippen molar-refractivity contribution in [2.24, 2.45) is 0 Å². The van der Waals surface area contributed by atoms with Crippen LogP contribution in [-0.2, 0) is 4.74 Å². The molecule has 0 aromatic heterocycles. The largest absolute Gasteiger partial charge is 0.370 e. The Morgan fingerprint density at radius 1 is 0.405 bits per heavy atom. The molecule has 0 radical (unpaired) electrons. The van der Waals surface area contributed by atoms with Gasteiger partial charge in [0.05, 0.1) is 12.2 Å². The molecule has 1 aliphatic rings. The molecule has 0 bridgehead atoms. The monoisotopic (exact) mass is 519 g/mol. The number of unbranched alkanes of at least 4 members (excludes halogenated alkanes) is 25. The first-order valence-electron chi connectivity index (χ1n) is 17.6. The van der Waals surface area contributed by atoms with Gasteiger partial charge < -0.3 is 4.74 Å². The fourth-order valence-corrected chi connectivity index (χ4v) is 5.85. The second-order valence-corrected chi connectivity index (χ2v) is 12.5. The highest BCUT2D eigenvalue weighted by atomic mass is 16.6. The highest BCUT2D eigenvalue weighted by Gasteiger charge is 2.42. The SMILES string of the molecule is CCCCCCCC/C=C\CCCCCCCCC1(CCCCCCCCCCCCCCCC)CO1. The third kappa shape index (κ3) is 24.5. The van der Waals surface area contributed by atoms with Crippen LogP contribution in [0.5, 0.6) is 0 Å². The quantitative estimate of drug-likeness (QED) is 0.0505. The minimum absolute atomic E-state index is 0.317. The summed E-state index contributed by atoms with van der Waals surface area (Å²) < 4.78 is 5.93. The Labute approximate surface area is 235 Å². The predicted octanol–water partition coefficient (Wildman–Crippen LogP) is 13.1. The van der Waals surface area contributed by atoms with Crippen LogP contribution >= 0.6 is 0 Å². The zero-order valence-corrected chi connectivity index (χ0v) is 26.0. The van der Waals surface area contributed by atoms with E-state index in [1.165, 1.54) is 193 Å². The lowest BCUT2D eigenvalue weighted by atomic mass is 9.94. The number of epoxide rings is 1. The van der Waals surface area contributed by atoms with Crippen molar-refractivity contribution in [1.82, 2.24) is 0 Å². The molecule has 0 aromatic carbocycles. The predicted molar refractivity (Wildman–Crippen MR) is 168 cm³/mol. The van der Waals surface area contributed by atoms with Gasteiger partial charge in [-0.3, -0.25) is 0 Å². The summed E-state index contributed by atoms with van der Waals surface area (Å²) in [5.74, 6) is 0. The van der Waals surface area contributed by atoms with Gasteiger partial charge in [-0.15, -0.1) is 0 Å². The first-order valence-corrected chi connectivity index (χ1v) is 17.6. The molecule has 1 unspecified atom stereocenters. The number of rotatable bonds is 31. The fourth-order valence-electron chi connectivity index (χ4n) is 5.85. The van der Waals surface area contributed by atoms with E-state index in [4.69, 9.17) is 4.74 Å². The molecule has 1 heteroatoms. The standard InChI is InChI=1S/C36H70O/c1-3-5-7-9-11-13-15-17-19-20-22-24-26-28-30-32-34-36(35-37-36)33-31-29-27-25-23-21-18-16-14-12-10-8-6-4-2/h17,19H,3-16,18,20-35H2,1-2H3/b19-17-. The highest BCUT2D eigenvalue weighted by Crippen LogP contribution is 2.38. The summed E-state index contributed by atoms with van der Waals surface area (Å²) >= 11 is 0. The van der Waals surface area contributed by atoms with Gasteiger partial charge in [0.15, 0.2) is 0 Å². The molecular formula is C36H70O. The van der Waals surface area contributed by atoms with Gasteiger partial charge in [-0.2, -0.15) is 0 Å². The number of hydrogen-bond acceptors (Lipinski definition) is 1. The lowest BCUT2D eigenvalue weighted by Gasteiger charge is -2.11. The van der Waals surface area contributed by atoms with E-state index in [1.807, 2.05) is 0 Å². The third-order valence-electron chi connectivity index (χ3n) is 8.68. The molecule has 37 heavy (non-hydrogen) atoms. The van der Waals surface area contributed by atoms with Crippen LogP contribution in [0, 0.1) is 0 Å². The molecular weight excluding hydrogens is 448 g/mol. The fraction of sp³-hybridized carbons (Fsp3) is 0.944. The molecule has 220 valence electrons. The molecule has 0 saturated carbocycles. The molecule has 1 heterocycles. The van der Waals surface area contributed by atoms with Crippen molar-refractivity contribution in [3.8, 4) is 0 Å². The number of hydrogen-bond donors (Lipinski definition) is 0. The van der Waals surface area contributed by atoms with Gasteiger partial charge >= 0.3 is 0 Å². The van der Waals surface area contributed by atoms with Crippen molar-refractivity contribution >= 4 is 0 Å². The maximum Gasteiger partial charge on any atom is 0.0916 e. The Morgan fingerprint density at radius 3 is 0.973 bits per heavy atom. The molecule has 0 N–H and O–H groups in total. The third-order valence-corrected chi connectivity index (χ3v) is 8.68. The van der Waals surface area contributed by atoms with E-state index >= 15 is 0 Å². The van der Waals surface area contributed by atoms with Crippen LogP contribution in [0.3, 0.4) is 0 Å². The van der Waals surface area contributed by atoms with E-state index in [1.54, 1.807) is 0 Å². The Hall–Kier alpha value is -0.300. The number of ether oxygens (including phenoxy) is 1. The normalized spacial score (nSPS) is 17.2. The average Bonchev–Trinajstić information content (AvgIpc) is 3.68. The topological polar surface area (TPSA) is 12.5 Å². The maximum atomic E-state index is 5.93. The summed E-state index contributed by atoms with van der Waals surface area (Å²) in [6.45, 7) is 5.65. The molecule has 1 atom stereocenters. The van der Waals surface area contributed by atoms with E-state index in [-0.39, 0.29) is 0 Å². The van der Waals surface area contributed by atoms with Crippen molar-refractivity contribution < 1.29 is 4.74 Å². The zero-order chi connectivity index (χ0) is 26.5. The summed E-state index contributed by atoms with van der Waals surface area (Å²) in [7, 11) is 0. The van der Waals surface area contributed by atoms with Gasteiger partial charge in [0, 0.05) is 0 Å². The summed E-state index contributed by atoms with van der Waals surface area (Å²) in [6, 6.07) is 0. The first-order chi connectivity index (χ1) is 18.3. The van der Waals surface area contributed by atoms with Gasteiger partial charge in [-0.1, -0.05) is 180 Å². The van der Waals surface area contributed by atoms with Crippen LogP contribution in [0.1, 0.15) is 206 Å². The number of allylic oxidation sites excluding steroid dienone is 2. The lowest BCUT2D eigenvalue weighted by Crippen LogP contribution is -2.10. The average molecular weight is 519 g/mol. The molecule has 1 aliphatic heterocycles. The van der Waals surface area contributed by atoms with Crippen molar-refractivity contribution in [1.29, 1.82) is 0 Å². The molecule has 0 aliphatic carbocycles. The summed E-state index contributed by atoms with van der Waals surface area (Å²) in [5, 5.41) is 0. The van der Waals surface area contributed by atoms with Crippen LogP contribution in [0.25, 0.3) is 0 Å². The van der Waals surface area contributed by atoms with Crippen LogP contribution < -0.4 is 0 Å². The van der Waals surface area contributed by atoms with Crippen LogP contribution in [0.4, 0.5) is 0 Å². The van der Waals surface area contributed by atoms with Gasteiger partial charge in [0.1, 0.15) is 0 Å². The molecule has 1 fully saturated rings. The van der Waals surface area contributed by atoms with E-state index in [9.17, 15) is 0 Å². The molecule has 0 spiro atoms. The van der Waals surface area contributed by atoms with Crippen molar-refractivity contribution in [2.75, 3.05) is 6.61 Å². The minimum Gasteiger partial charge on any atom is -0.370 e. The Morgan fingerprint density at radius 2 is 0.676 bits per heavy atom. The Balaban J connectivity index is 1.76.